The maximum Gasteiger partial charge on any atom is 0.251 e. The second-order valence-corrected chi connectivity index (χ2v) is 7.72. The van der Waals surface area contributed by atoms with Crippen LogP contribution in [0, 0.1) is 5.92 Å². The highest BCUT2D eigenvalue weighted by Crippen LogP contribution is 2.14. The predicted octanol–water partition coefficient (Wildman–Crippen LogP) is 3.60. The first kappa shape index (κ1) is 23.3. The zero-order valence-electron chi connectivity index (χ0n) is 18.4. The second kappa shape index (κ2) is 11.2. The quantitative estimate of drug-likeness (QED) is 0.625. The molecule has 0 saturated carbocycles. The van der Waals surface area contributed by atoms with E-state index in [1.807, 2.05) is 45.0 Å². The number of methoxy groups -OCH3 is 2. The molecule has 162 valence electrons. The fraction of sp³-hybridized carbons (Fsp3) is 0.417. The molecule has 0 bridgehead atoms. The van der Waals surface area contributed by atoms with E-state index in [-0.39, 0.29) is 23.8 Å². The van der Waals surface area contributed by atoms with Crippen molar-refractivity contribution in [1.29, 1.82) is 0 Å². The number of rotatable bonds is 10. The van der Waals surface area contributed by atoms with E-state index < -0.39 is 6.04 Å². The summed E-state index contributed by atoms with van der Waals surface area (Å²) >= 11 is 0. The van der Waals surface area contributed by atoms with Gasteiger partial charge in [0.25, 0.3) is 5.91 Å². The van der Waals surface area contributed by atoms with Gasteiger partial charge in [-0.2, -0.15) is 0 Å². The summed E-state index contributed by atoms with van der Waals surface area (Å²) in [5.74, 6) is 1.01. The van der Waals surface area contributed by atoms with Crippen molar-refractivity contribution in [3.05, 3.63) is 59.7 Å². The molecule has 0 radical (unpaired) electrons. The van der Waals surface area contributed by atoms with E-state index in [0.29, 0.717) is 11.3 Å². The van der Waals surface area contributed by atoms with E-state index in [0.717, 1.165) is 18.6 Å². The van der Waals surface area contributed by atoms with Gasteiger partial charge in [-0.15, -0.1) is 0 Å². The summed E-state index contributed by atoms with van der Waals surface area (Å²) in [6.45, 7) is 5.81. The van der Waals surface area contributed by atoms with Gasteiger partial charge in [0.2, 0.25) is 5.91 Å². The summed E-state index contributed by atoms with van der Waals surface area (Å²) < 4.78 is 10.3. The molecule has 0 aliphatic carbocycles. The first-order valence-electron chi connectivity index (χ1n) is 10.2. The van der Waals surface area contributed by atoms with Crippen LogP contribution < -0.4 is 20.1 Å². The Kier molecular flexibility index (Phi) is 8.71. The highest BCUT2D eigenvalue weighted by Gasteiger charge is 2.25. The van der Waals surface area contributed by atoms with Crippen LogP contribution in [0.15, 0.2) is 48.5 Å². The van der Waals surface area contributed by atoms with Gasteiger partial charge in [-0.25, -0.2) is 0 Å². The lowest BCUT2D eigenvalue weighted by atomic mass is 10.0. The van der Waals surface area contributed by atoms with Gasteiger partial charge in [-0.1, -0.05) is 26.0 Å². The lowest BCUT2D eigenvalue weighted by Gasteiger charge is -2.24. The Morgan fingerprint density at radius 3 is 1.87 bits per heavy atom. The Bertz CT molecular complexity index is 816. The fourth-order valence-electron chi connectivity index (χ4n) is 3.08. The Labute approximate surface area is 179 Å². The molecule has 2 atom stereocenters. The van der Waals surface area contributed by atoms with Crippen molar-refractivity contribution in [3.63, 3.8) is 0 Å². The van der Waals surface area contributed by atoms with Crippen LogP contribution in [0.5, 0.6) is 11.5 Å². The maximum absolute atomic E-state index is 12.8. The van der Waals surface area contributed by atoms with E-state index in [1.54, 1.807) is 38.5 Å². The summed E-state index contributed by atoms with van der Waals surface area (Å²) in [5, 5.41) is 5.89. The van der Waals surface area contributed by atoms with Crippen molar-refractivity contribution in [2.45, 2.75) is 45.7 Å². The van der Waals surface area contributed by atoms with Gasteiger partial charge in [-0.3, -0.25) is 9.59 Å². The lowest BCUT2D eigenvalue weighted by Crippen LogP contribution is -2.51. The Balaban J connectivity index is 1.90. The number of nitrogens with one attached hydrogen (secondary N) is 2. The maximum atomic E-state index is 12.8. The van der Waals surface area contributed by atoms with Crippen LogP contribution in [0.2, 0.25) is 0 Å². The van der Waals surface area contributed by atoms with Gasteiger partial charge in [0.15, 0.2) is 0 Å². The summed E-state index contributed by atoms with van der Waals surface area (Å²) in [6.07, 6.45) is 1.64. The Morgan fingerprint density at radius 1 is 0.833 bits per heavy atom. The Hall–Kier alpha value is -3.02. The SMILES string of the molecule is COc1ccc(CCC(C)NC(=O)C(NC(=O)c2ccc(OC)cc2)C(C)C)cc1. The van der Waals surface area contributed by atoms with E-state index >= 15 is 0 Å². The zero-order valence-corrected chi connectivity index (χ0v) is 18.4. The van der Waals surface area contributed by atoms with Crippen LogP contribution in [0.25, 0.3) is 0 Å². The number of aryl methyl sites for hydroxylation is 1. The normalized spacial score (nSPS) is 12.7. The molecule has 0 fully saturated rings. The number of amides is 2. The molecule has 6 nitrogen and oxygen atoms in total. The average molecular weight is 413 g/mol. The molecule has 0 aromatic heterocycles. The Morgan fingerprint density at radius 2 is 1.37 bits per heavy atom. The molecule has 2 aromatic rings. The van der Waals surface area contributed by atoms with Crippen molar-refractivity contribution in [3.8, 4) is 11.5 Å². The van der Waals surface area contributed by atoms with Crippen LogP contribution in [0.4, 0.5) is 0 Å². The molecular weight excluding hydrogens is 380 g/mol. The molecule has 6 heteroatoms. The van der Waals surface area contributed by atoms with Gasteiger partial charge in [-0.05, 0) is 67.6 Å². The number of hydrogen-bond acceptors (Lipinski definition) is 4. The van der Waals surface area contributed by atoms with Crippen LogP contribution in [0.1, 0.15) is 43.1 Å². The van der Waals surface area contributed by atoms with Crippen molar-refractivity contribution < 1.29 is 19.1 Å². The van der Waals surface area contributed by atoms with Crippen LogP contribution >= 0.6 is 0 Å². The summed E-state index contributed by atoms with van der Waals surface area (Å²) in [4.78, 5) is 25.4. The molecule has 0 aliphatic heterocycles. The molecule has 0 heterocycles. The van der Waals surface area contributed by atoms with E-state index in [4.69, 9.17) is 9.47 Å². The third kappa shape index (κ3) is 6.79. The largest absolute Gasteiger partial charge is 0.497 e. The monoisotopic (exact) mass is 412 g/mol. The van der Waals surface area contributed by atoms with Crippen LogP contribution in [0.3, 0.4) is 0 Å². The highest BCUT2D eigenvalue weighted by molar-refractivity contribution is 5.97. The van der Waals surface area contributed by atoms with E-state index in [2.05, 4.69) is 10.6 Å². The first-order valence-corrected chi connectivity index (χ1v) is 10.2. The molecular formula is C24H32N2O4. The molecule has 2 N–H and O–H groups in total. The molecule has 2 unspecified atom stereocenters. The number of carbonyl (C=O) groups is 2. The van der Waals surface area contributed by atoms with E-state index in [9.17, 15) is 9.59 Å². The van der Waals surface area contributed by atoms with Gasteiger partial charge in [0, 0.05) is 11.6 Å². The molecule has 2 amide bonds. The van der Waals surface area contributed by atoms with E-state index in [1.165, 1.54) is 5.56 Å². The van der Waals surface area contributed by atoms with Gasteiger partial charge in [0.05, 0.1) is 14.2 Å². The number of carbonyl (C=O) groups excluding carboxylic acids is 2. The minimum atomic E-state index is -0.608. The third-order valence-corrected chi connectivity index (χ3v) is 5.00. The van der Waals surface area contributed by atoms with Gasteiger partial charge in [0.1, 0.15) is 17.5 Å². The minimum Gasteiger partial charge on any atom is -0.497 e. The summed E-state index contributed by atoms with van der Waals surface area (Å²) in [7, 11) is 3.22. The van der Waals surface area contributed by atoms with Crippen molar-refractivity contribution >= 4 is 11.8 Å². The van der Waals surface area contributed by atoms with Crippen LogP contribution in [-0.2, 0) is 11.2 Å². The summed E-state index contributed by atoms with van der Waals surface area (Å²) in [5.41, 5.74) is 1.67. The molecule has 0 aliphatic rings. The van der Waals surface area contributed by atoms with Crippen molar-refractivity contribution in [2.75, 3.05) is 14.2 Å². The molecule has 0 spiro atoms. The highest BCUT2D eigenvalue weighted by atomic mass is 16.5. The smallest absolute Gasteiger partial charge is 0.251 e. The first-order chi connectivity index (χ1) is 14.3. The predicted molar refractivity (Wildman–Crippen MR) is 118 cm³/mol. The van der Waals surface area contributed by atoms with Gasteiger partial charge < -0.3 is 20.1 Å². The topological polar surface area (TPSA) is 76.7 Å². The molecule has 2 rings (SSSR count). The van der Waals surface area contributed by atoms with Crippen molar-refractivity contribution in [1.82, 2.24) is 10.6 Å². The van der Waals surface area contributed by atoms with Crippen molar-refractivity contribution in [2.24, 2.45) is 5.92 Å². The molecule has 30 heavy (non-hydrogen) atoms. The fourth-order valence-corrected chi connectivity index (χ4v) is 3.08. The number of benzene rings is 2. The lowest BCUT2D eigenvalue weighted by molar-refractivity contribution is -0.124. The number of ether oxygens (including phenoxy) is 2. The summed E-state index contributed by atoms with van der Waals surface area (Å²) in [6, 6.07) is 14.1. The number of hydrogen-bond donors (Lipinski definition) is 2. The zero-order chi connectivity index (χ0) is 22.1. The molecule has 0 saturated heterocycles. The molecule has 2 aromatic carbocycles. The standard InChI is InChI=1S/C24H32N2O4/c1-16(2)22(26-23(27)19-10-14-21(30-5)15-11-19)24(28)25-17(3)6-7-18-8-12-20(29-4)13-9-18/h8-17,22H,6-7H2,1-5H3,(H,25,28)(H,26,27). The van der Waals surface area contributed by atoms with Crippen LogP contribution in [-0.4, -0.2) is 38.1 Å². The minimum absolute atomic E-state index is 0.0151. The second-order valence-electron chi connectivity index (χ2n) is 7.72. The van der Waals surface area contributed by atoms with Gasteiger partial charge >= 0.3 is 0 Å². The third-order valence-electron chi connectivity index (χ3n) is 5.00. The average Bonchev–Trinajstić information content (AvgIpc) is 2.75.